The molecule has 0 amide bonds. The Kier molecular flexibility index (Phi) is 8.64. The van der Waals surface area contributed by atoms with Crippen molar-refractivity contribution in [3.63, 3.8) is 0 Å². The summed E-state index contributed by atoms with van der Waals surface area (Å²) >= 11 is 0. The molecule has 0 radical (unpaired) electrons. The monoisotopic (exact) mass is 517 g/mol. The SMILES string of the molecule is CC.CN=C(Cc1cccnc1)C1=C(C)OC(N)=C(C#N)C1c1ccc(-n2ccnc2-c2ccccn2)cc1. The van der Waals surface area contributed by atoms with Crippen molar-refractivity contribution in [3.8, 4) is 23.3 Å². The summed E-state index contributed by atoms with van der Waals surface area (Å²) in [6.07, 6.45) is 9.50. The van der Waals surface area contributed by atoms with E-state index in [9.17, 15) is 5.26 Å². The van der Waals surface area contributed by atoms with Gasteiger partial charge in [0.25, 0.3) is 0 Å². The Balaban J connectivity index is 0.00000172. The van der Waals surface area contributed by atoms with Crippen LogP contribution in [0.2, 0.25) is 0 Å². The lowest BCUT2D eigenvalue weighted by molar-refractivity contribution is 0.283. The summed E-state index contributed by atoms with van der Waals surface area (Å²) in [7, 11) is 1.75. The second-order valence-electron chi connectivity index (χ2n) is 8.53. The molecule has 1 atom stereocenters. The zero-order valence-corrected chi connectivity index (χ0v) is 22.5. The van der Waals surface area contributed by atoms with Gasteiger partial charge in [-0.3, -0.25) is 19.5 Å². The van der Waals surface area contributed by atoms with E-state index in [1.54, 1.807) is 25.6 Å². The lowest BCUT2D eigenvalue weighted by atomic mass is 9.79. The highest BCUT2D eigenvalue weighted by atomic mass is 16.5. The highest BCUT2D eigenvalue weighted by molar-refractivity contribution is 6.04. The molecule has 0 spiro atoms. The molecule has 1 unspecified atom stereocenters. The third-order valence-corrected chi connectivity index (χ3v) is 6.32. The molecule has 1 aliphatic heterocycles. The number of nitrogens with zero attached hydrogens (tertiary/aromatic N) is 6. The third-order valence-electron chi connectivity index (χ3n) is 6.32. The van der Waals surface area contributed by atoms with E-state index < -0.39 is 5.92 Å². The quantitative estimate of drug-likeness (QED) is 0.326. The van der Waals surface area contributed by atoms with Gasteiger partial charge in [0.15, 0.2) is 5.82 Å². The lowest BCUT2D eigenvalue weighted by Gasteiger charge is -2.29. The molecule has 2 N–H and O–H groups in total. The van der Waals surface area contributed by atoms with Crippen LogP contribution in [0.25, 0.3) is 17.2 Å². The molecule has 8 heteroatoms. The van der Waals surface area contributed by atoms with Crippen molar-refractivity contribution in [2.45, 2.75) is 33.1 Å². The molecule has 3 aromatic heterocycles. The number of hydrogen-bond acceptors (Lipinski definition) is 7. The van der Waals surface area contributed by atoms with Gasteiger partial charge >= 0.3 is 0 Å². The van der Waals surface area contributed by atoms with Gasteiger partial charge in [0.1, 0.15) is 23.1 Å². The summed E-state index contributed by atoms with van der Waals surface area (Å²) in [4.78, 5) is 17.7. The van der Waals surface area contributed by atoms with Crippen LogP contribution in [0.5, 0.6) is 0 Å². The average molecular weight is 518 g/mol. The predicted molar refractivity (Wildman–Crippen MR) is 153 cm³/mol. The number of aliphatic imine (C=N–C) groups is 1. The van der Waals surface area contributed by atoms with E-state index >= 15 is 0 Å². The summed E-state index contributed by atoms with van der Waals surface area (Å²) in [5.74, 6) is 1.07. The van der Waals surface area contributed by atoms with E-state index in [-0.39, 0.29) is 5.88 Å². The van der Waals surface area contributed by atoms with Crippen LogP contribution in [0, 0.1) is 11.3 Å². The number of aromatic nitrogens is 4. The Morgan fingerprint density at radius 1 is 1.05 bits per heavy atom. The number of imidazole rings is 1. The molecule has 0 saturated heterocycles. The Bertz CT molecular complexity index is 1540. The molecule has 0 fully saturated rings. The van der Waals surface area contributed by atoms with Gasteiger partial charge in [-0.25, -0.2) is 4.98 Å². The van der Waals surface area contributed by atoms with Crippen molar-refractivity contribution >= 4 is 5.71 Å². The van der Waals surface area contributed by atoms with Gasteiger partial charge in [0, 0.05) is 61.4 Å². The maximum atomic E-state index is 10.0. The molecular weight excluding hydrogens is 486 g/mol. The average Bonchev–Trinajstić information content (AvgIpc) is 3.48. The Labute approximate surface area is 228 Å². The van der Waals surface area contributed by atoms with Crippen LogP contribution in [0.1, 0.15) is 37.8 Å². The van der Waals surface area contributed by atoms with Crippen LogP contribution >= 0.6 is 0 Å². The first-order chi connectivity index (χ1) is 19.1. The Hall–Kier alpha value is -5.03. The van der Waals surface area contributed by atoms with Crippen LogP contribution in [-0.4, -0.2) is 32.3 Å². The third kappa shape index (κ3) is 5.63. The Morgan fingerprint density at radius 2 is 1.85 bits per heavy atom. The maximum Gasteiger partial charge on any atom is 0.205 e. The standard InChI is InChI=1S/C29H25N7O.C2H6/c1-19-26(25(32-2)16-20-6-5-12-33-18-20)27(23(17-30)28(31)37-19)21-8-10-22(11-9-21)36-15-14-35-29(36)24-7-3-4-13-34-24;1-2/h3-15,18,27H,16,31H2,1-2H3;1-2H3. The highest BCUT2D eigenvalue weighted by Gasteiger charge is 2.34. The molecule has 1 aliphatic rings. The zero-order valence-electron chi connectivity index (χ0n) is 22.5. The van der Waals surface area contributed by atoms with E-state index in [1.807, 2.05) is 92.3 Å². The summed E-state index contributed by atoms with van der Waals surface area (Å²) in [5, 5.41) is 10.0. The number of ether oxygens (including phenoxy) is 1. The molecule has 4 heterocycles. The van der Waals surface area contributed by atoms with Crippen molar-refractivity contribution in [2.75, 3.05) is 7.05 Å². The van der Waals surface area contributed by atoms with Gasteiger partial charge in [-0.05, 0) is 48.4 Å². The largest absolute Gasteiger partial charge is 0.445 e. The van der Waals surface area contributed by atoms with Gasteiger partial charge in [0.2, 0.25) is 5.88 Å². The molecule has 5 rings (SSSR count). The van der Waals surface area contributed by atoms with E-state index in [2.05, 4.69) is 26.0 Å². The second-order valence-corrected chi connectivity index (χ2v) is 8.53. The maximum absolute atomic E-state index is 10.0. The van der Waals surface area contributed by atoms with Crippen LogP contribution in [0.15, 0.2) is 113 Å². The first-order valence-corrected chi connectivity index (χ1v) is 12.8. The zero-order chi connectivity index (χ0) is 27.8. The van der Waals surface area contributed by atoms with Crippen LogP contribution in [-0.2, 0) is 11.2 Å². The van der Waals surface area contributed by atoms with Gasteiger partial charge in [-0.15, -0.1) is 0 Å². The fourth-order valence-electron chi connectivity index (χ4n) is 4.60. The van der Waals surface area contributed by atoms with E-state index in [0.29, 0.717) is 17.8 Å². The molecule has 1 aromatic carbocycles. The fraction of sp³-hybridized carbons (Fsp3) is 0.194. The topological polar surface area (TPSA) is 115 Å². The van der Waals surface area contributed by atoms with Crippen molar-refractivity contribution < 1.29 is 4.74 Å². The highest BCUT2D eigenvalue weighted by Crippen LogP contribution is 2.40. The number of benzene rings is 1. The van der Waals surface area contributed by atoms with Crippen LogP contribution in [0.3, 0.4) is 0 Å². The number of nitrogens with two attached hydrogens (primary N) is 1. The molecule has 8 nitrogen and oxygen atoms in total. The molecule has 39 heavy (non-hydrogen) atoms. The van der Waals surface area contributed by atoms with E-state index in [0.717, 1.165) is 39.6 Å². The second kappa shape index (κ2) is 12.5. The molecule has 0 saturated carbocycles. The van der Waals surface area contributed by atoms with Crippen molar-refractivity contribution in [2.24, 2.45) is 10.7 Å². The number of nitriles is 1. The van der Waals surface area contributed by atoms with Crippen molar-refractivity contribution in [3.05, 3.63) is 119 Å². The smallest absolute Gasteiger partial charge is 0.205 e. The summed E-state index contributed by atoms with van der Waals surface area (Å²) in [6.45, 7) is 5.86. The summed E-state index contributed by atoms with van der Waals surface area (Å²) in [5.41, 5.74) is 11.8. The minimum Gasteiger partial charge on any atom is -0.445 e. The number of allylic oxidation sites excluding steroid dienone is 3. The first kappa shape index (κ1) is 27.0. The van der Waals surface area contributed by atoms with E-state index in [4.69, 9.17) is 10.5 Å². The lowest BCUT2D eigenvalue weighted by Crippen LogP contribution is -2.25. The molecule has 196 valence electrons. The normalized spacial score (nSPS) is 15.3. The van der Waals surface area contributed by atoms with Crippen molar-refractivity contribution in [1.82, 2.24) is 19.5 Å². The van der Waals surface area contributed by atoms with Gasteiger partial charge in [0.05, 0.1) is 5.92 Å². The van der Waals surface area contributed by atoms with Gasteiger partial charge in [-0.1, -0.05) is 38.1 Å². The number of pyridine rings is 2. The molecule has 0 bridgehead atoms. The minimum atomic E-state index is -0.416. The summed E-state index contributed by atoms with van der Waals surface area (Å²) in [6, 6.07) is 19.9. The number of hydrogen-bond donors (Lipinski definition) is 1. The van der Waals surface area contributed by atoms with Crippen LogP contribution < -0.4 is 5.73 Å². The van der Waals surface area contributed by atoms with Crippen LogP contribution in [0.4, 0.5) is 0 Å². The fourth-order valence-corrected chi connectivity index (χ4v) is 4.60. The number of rotatable bonds is 6. The minimum absolute atomic E-state index is 0.113. The Morgan fingerprint density at radius 3 is 2.49 bits per heavy atom. The first-order valence-electron chi connectivity index (χ1n) is 12.8. The molecule has 0 aliphatic carbocycles. The molecule has 4 aromatic rings. The molecular formula is C31H31N7O. The van der Waals surface area contributed by atoms with Gasteiger partial charge < -0.3 is 10.5 Å². The predicted octanol–water partition coefficient (Wildman–Crippen LogP) is 5.75. The summed E-state index contributed by atoms with van der Waals surface area (Å²) < 4.78 is 7.80. The van der Waals surface area contributed by atoms with Gasteiger partial charge in [-0.2, -0.15) is 5.26 Å². The van der Waals surface area contributed by atoms with Crippen molar-refractivity contribution in [1.29, 1.82) is 5.26 Å². The van der Waals surface area contributed by atoms with E-state index in [1.165, 1.54) is 0 Å².